The first-order chi connectivity index (χ1) is 8.06. The summed E-state index contributed by atoms with van der Waals surface area (Å²) in [7, 11) is 0. The molecule has 0 saturated heterocycles. The Morgan fingerprint density at radius 1 is 1.53 bits per heavy atom. The Labute approximate surface area is 108 Å². The molecule has 4 N–H and O–H groups in total. The van der Waals surface area contributed by atoms with Gasteiger partial charge in [0.05, 0.1) is 12.2 Å². The van der Waals surface area contributed by atoms with E-state index in [1.807, 2.05) is 0 Å². The topological polar surface area (TPSA) is 75.4 Å². The number of nitrogen functional groups attached to an aromatic ring is 1. The average molecular weight is 299 g/mol. The minimum Gasteiger partial charge on any atom is -0.399 e. The molecule has 0 bridgehead atoms. The van der Waals surface area contributed by atoms with Crippen LogP contribution in [0.1, 0.15) is 23.2 Å². The first-order valence-electron chi connectivity index (χ1n) is 5.50. The number of nitrogens with one attached hydrogen (secondary N) is 1. The fraction of sp³-hybridized carbons (Fsp3) is 0.417. The Hall–Kier alpha value is -1.07. The number of hydrogen-bond donors (Lipinski definition) is 3. The summed E-state index contributed by atoms with van der Waals surface area (Å²) in [5, 5.41) is 12.0. The van der Waals surface area contributed by atoms with Crippen molar-refractivity contribution in [3.63, 3.8) is 0 Å². The van der Waals surface area contributed by atoms with Crippen molar-refractivity contribution < 1.29 is 9.90 Å². The van der Waals surface area contributed by atoms with Crippen LogP contribution in [0, 0.1) is 5.41 Å². The van der Waals surface area contributed by atoms with E-state index in [1.54, 1.807) is 18.2 Å². The van der Waals surface area contributed by atoms with Crippen molar-refractivity contribution in [2.24, 2.45) is 5.41 Å². The number of aliphatic hydroxyl groups excluding tert-OH is 1. The van der Waals surface area contributed by atoms with E-state index in [9.17, 15) is 4.79 Å². The van der Waals surface area contributed by atoms with Crippen LogP contribution < -0.4 is 11.1 Å². The van der Waals surface area contributed by atoms with E-state index in [4.69, 9.17) is 10.8 Å². The molecule has 1 aliphatic carbocycles. The maximum Gasteiger partial charge on any atom is 0.252 e. The van der Waals surface area contributed by atoms with Gasteiger partial charge in [0.1, 0.15) is 0 Å². The number of halogens is 1. The lowest BCUT2D eigenvalue weighted by Crippen LogP contribution is -2.32. The third kappa shape index (κ3) is 2.79. The highest BCUT2D eigenvalue weighted by Crippen LogP contribution is 2.44. The molecule has 92 valence electrons. The number of rotatable bonds is 4. The van der Waals surface area contributed by atoms with Gasteiger partial charge in [-0.15, -0.1) is 0 Å². The molecule has 4 nitrogen and oxygen atoms in total. The molecule has 1 aromatic carbocycles. The molecule has 5 heteroatoms. The number of benzene rings is 1. The summed E-state index contributed by atoms with van der Waals surface area (Å²) >= 11 is 3.32. The molecule has 17 heavy (non-hydrogen) atoms. The van der Waals surface area contributed by atoms with Gasteiger partial charge in [0.2, 0.25) is 0 Å². The van der Waals surface area contributed by atoms with Gasteiger partial charge in [0.15, 0.2) is 0 Å². The Bertz CT molecular complexity index is 444. The number of aliphatic hydroxyl groups is 1. The number of carbonyl (C=O) groups is 1. The molecule has 0 radical (unpaired) electrons. The van der Waals surface area contributed by atoms with Crippen molar-refractivity contribution in [1.82, 2.24) is 5.32 Å². The largest absolute Gasteiger partial charge is 0.399 e. The van der Waals surface area contributed by atoms with Gasteiger partial charge in [-0.25, -0.2) is 0 Å². The molecule has 1 saturated carbocycles. The minimum absolute atomic E-state index is 0.0809. The van der Waals surface area contributed by atoms with Gasteiger partial charge in [0, 0.05) is 22.1 Å². The van der Waals surface area contributed by atoms with E-state index in [1.165, 1.54) is 0 Å². The molecule has 1 amide bonds. The zero-order valence-electron chi connectivity index (χ0n) is 9.37. The van der Waals surface area contributed by atoms with Crippen molar-refractivity contribution in [2.45, 2.75) is 12.8 Å². The number of nitrogens with two attached hydrogens (primary N) is 1. The highest BCUT2D eigenvalue weighted by molar-refractivity contribution is 9.10. The summed E-state index contributed by atoms with van der Waals surface area (Å²) in [5.41, 5.74) is 6.65. The highest BCUT2D eigenvalue weighted by Gasteiger charge is 2.42. The molecule has 0 atom stereocenters. The Kier molecular flexibility index (Phi) is 3.40. The van der Waals surface area contributed by atoms with E-state index < -0.39 is 0 Å². The molecule has 0 aromatic heterocycles. The van der Waals surface area contributed by atoms with Gasteiger partial charge in [-0.1, -0.05) is 0 Å². The minimum atomic E-state index is -0.163. The zero-order valence-corrected chi connectivity index (χ0v) is 11.0. The lowest BCUT2D eigenvalue weighted by Gasteiger charge is -2.13. The Balaban J connectivity index is 2.02. The monoisotopic (exact) mass is 298 g/mol. The van der Waals surface area contributed by atoms with E-state index in [-0.39, 0.29) is 17.9 Å². The molecule has 1 fully saturated rings. The van der Waals surface area contributed by atoms with Crippen LogP contribution in [0.5, 0.6) is 0 Å². The first kappa shape index (κ1) is 12.4. The van der Waals surface area contributed by atoms with Crippen LogP contribution in [-0.2, 0) is 0 Å². The van der Waals surface area contributed by atoms with E-state index >= 15 is 0 Å². The van der Waals surface area contributed by atoms with Crippen molar-refractivity contribution in [1.29, 1.82) is 0 Å². The van der Waals surface area contributed by atoms with Gasteiger partial charge >= 0.3 is 0 Å². The molecule has 0 unspecified atom stereocenters. The fourth-order valence-corrected chi connectivity index (χ4v) is 2.07. The van der Waals surface area contributed by atoms with Crippen molar-refractivity contribution in [3.05, 3.63) is 28.2 Å². The summed E-state index contributed by atoms with van der Waals surface area (Å²) in [5.74, 6) is -0.163. The normalized spacial score (nSPS) is 16.6. The molecule has 0 aliphatic heterocycles. The molecular formula is C12H15BrN2O2. The molecular weight excluding hydrogens is 284 g/mol. The molecule has 2 rings (SSSR count). The molecule has 0 heterocycles. The summed E-state index contributed by atoms with van der Waals surface area (Å²) in [4.78, 5) is 11.9. The average Bonchev–Trinajstić information content (AvgIpc) is 3.10. The third-order valence-electron chi connectivity index (χ3n) is 3.15. The van der Waals surface area contributed by atoms with Crippen molar-refractivity contribution >= 4 is 27.5 Å². The predicted octanol–water partition coefficient (Wildman–Crippen LogP) is 1.53. The second kappa shape index (κ2) is 4.66. The maximum absolute atomic E-state index is 11.9. The SMILES string of the molecule is Nc1ccc(Br)c(C(=O)NCC2(CO)CC2)c1. The van der Waals surface area contributed by atoms with Crippen LogP contribution in [0.2, 0.25) is 0 Å². The Morgan fingerprint density at radius 2 is 2.24 bits per heavy atom. The highest BCUT2D eigenvalue weighted by atomic mass is 79.9. The summed E-state index contributed by atoms with van der Waals surface area (Å²) < 4.78 is 0.720. The number of carbonyl (C=O) groups excluding carboxylic acids is 1. The van der Waals surface area contributed by atoms with Gasteiger partial charge < -0.3 is 16.2 Å². The van der Waals surface area contributed by atoms with Crippen LogP contribution in [0.4, 0.5) is 5.69 Å². The van der Waals surface area contributed by atoms with Crippen molar-refractivity contribution in [3.8, 4) is 0 Å². The van der Waals surface area contributed by atoms with Gasteiger partial charge in [-0.05, 0) is 47.0 Å². The van der Waals surface area contributed by atoms with Crippen LogP contribution in [-0.4, -0.2) is 24.2 Å². The number of anilines is 1. The van der Waals surface area contributed by atoms with Crippen LogP contribution in [0.15, 0.2) is 22.7 Å². The van der Waals surface area contributed by atoms with Gasteiger partial charge in [0.25, 0.3) is 5.91 Å². The van der Waals surface area contributed by atoms with Crippen LogP contribution in [0.25, 0.3) is 0 Å². The maximum atomic E-state index is 11.9. The molecule has 1 aliphatic rings. The first-order valence-corrected chi connectivity index (χ1v) is 6.30. The van der Waals surface area contributed by atoms with E-state index in [0.29, 0.717) is 17.8 Å². The number of amides is 1. The second-order valence-electron chi connectivity index (χ2n) is 4.58. The summed E-state index contributed by atoms with van der Waals surface area (Å²) in [6, 6.07) is 5.12. The van der Waals surface area contributed by atoms with Crippen LogP contribution in [0.3, 0.4) is 0 Å². The van der Waals surface area contributed by atoms with E-state index in [0.717, 1.165) is 17.3 Å². The summed E-state index contributed by atoms with van der Waals surface area (Å²) in [6.07, 6.45) is 1.95. The standard InChI is InChI=1S/C12H15BrN2O2/c13-10-2-1-8(14)5-9(10)11(17)15-6-12(7-16)3-4-12/h1-2,5,16H,3-4,6-7,14H2,(H,15,17). The second-order valence-corrected chi connectivity index (χ2v) is 5.43. The van der Waals surface area contributed by atoms with E-state index in [2.05, 4.69) is 21.2 Å². The van der Waals surface area contributed by atoms with Crippen LogP contribution >= 0.6 is 15.9 Å². The van der Waals surface area contributed by atoms with Gasteiger partial charge in [-0.3, -0.25) is 4.79 Å². The number of hydrogen-bond acceptors (Lipinski definition) is 3. The van der Waals surface area contributed by atoms with Crippen molar-refractivity contribution in [2.75, 3.05) is 18.9 Å². The fourth-order valence-electron chi connectivity index (χ4n) is 1.65. The lowest BCUT2D eigenvalue weighted by atomic mass is 10.1. The smallest absolute Gasteiger partial charge is 0.252 e. The summed E-state index contributed by atoms with van der Waals surface area (Å²) in [6.45, 7) is 0.648. The lowest BCUT2D eigenvalue weighted by molar-refractivity contribution is 0.0934. The predicted molar refractivity (Wildman–Crippen MR) is 69.6 cm³/mol. The Morgan fingerprint density at radius 3 is 2.82 bits per heavy atom. The quantitative estimate of drug-likeness (QED) is 0.738. The molecule has 0 spiro atoms. The van der Waals surface area contributed by atoms with Gasteiger partial charge in [-0.2, -0.15) is 0 Å². The third-order valence-corrected chi connectivity index (χ3v) is 3.84. The zero-order chi connectivity index (χ0) is 12.5. The molecule has 1 aromatic rings.